The molecular formula is C13H14BrNS. The van der Waals surface area contributed by atoms with Gasteiger partial charge in [-0.25, -0.2) is 4.98 Å². The molecule has 0 atom stereocenters. The van der Waals surface area contributed by atoms with Crippen LogP contribution in [0.3, 0.4) is 0 Å². The van der Waals surface area contributed by atoms with E-state index in [1.807, 2.05) is 11.3 Å². The van der Waals surface area contributed by atoms with Crippen molar-refractivity contribution in [1.29, 1.82) is 0 Å². The van der Waals surface area contributed by atoms with E-state index in [1.165, 1.54) is 21.1 Å². The molecule has 0 bridgehead atoms. The summed E-state index contributed by atoms with van der Waals surface area (Å²) in [5.41, 5.74) is 2.54. The lowest BCUT2D eigenvalue weighted by atomic mass is 10.1. The lowest BCUT2D eigenvalue weighted by Crippen LogP contribution is -1.90. The fourth-order valence-electron chi connectivity index (χ4n) is 1.59. The van der Waals surface area contributed by atoms with Crippen LogP contribution in [0.5, 0.6) is 0 Å². The summed E-state index contributed by atoms with van der Waals surface area (Å²) >= 11 is 5.31. The first-order chi connectivity index (χ1) is 7.65. The van der Waals surface area contributed by atoms with Gasteiger partial charge in [0.2, 0.25) is 0 Å². The summed E-state index contributed by atoms with van der Waals surface area (Å²) in [6.45, 7) is 4.21. The molecule has 16 heavy (non-hydrogen) atoms. The zero-order chi connectivity index (χ0) is 11.5. The van der Waals surface area contributed by atoms with Gasteiger partial charge in [0.1, 0.15) is 0 Å². The number of thiazole rings is 1. The first-order valence-corrected chi connectivity index (χ1v) is 6.93. The van der Waals surface area contributed by atoms with E-state index < -0.39 is 0 Å². The standard InChI is InChI=1S/C13H14BrNS/c1-9-10(2)16-13(15-9)7-6-11-4-3-5-12(14)8-11/h3-5,8H,6-7H2,1-2H3. The molecule has 0 spiro atoms. The van der Waals surface area contributed by atoms with Gasteiger partial charge in [0, 0.05) is 15.8 Å². The second-order valence-corrected chi connectivity index (χ2v) is 6.08. The normalized spacial score (nSPS) is 10.7. The van der Waals surface area contributed by atoms with Crippen molar-refractivity contribution in [3.8, 4) is 0 Å². The Morgan fingerprint density at radius 1 is 1.25 bits per heavy atom. The molecular weight excluding hydrogens is 282 g/mol. The topological polar surface area (TPSA) is 12.9 Å². The van der Waals surface area contributed by atoms with Crippen LogP contribution in [0.15, 0.2) is 28.7 Å². The first-order valence-electron chi connectivity index (χ1n) is 5.32. The van der Waals surface area contributed by atoms with Gasteiger partial charge in [0.25, 0.3) is 0 Å². The molecule has 0 radical (unpaired) electrons. The van der Waals surface area contributed by atoms with E-state index in [2.05, 4.69) is 59.0 Å². The Labute approximate surface area is 109 Å². The van der Waals surface area contributed by atoms with Crippen molar-refractivity contribution in [1.82, 2.24) is 4.98 Å². The summed E-state index contributed by atoms with van der Waals surface area (Å²) in [4.78, 5) is 5.89. The highest BCUT2D eigenvalue weighted by molar-refractivity contribution is 9.10. The molecule has 0 N–H and O–H groups in total. The number of benzene rings is 1. The third-order valence-electron chi connectivity index (χ3n) is 2.59. The van der Waals surface area contributed by atoms with Crippen LogP contribution in [0.2, 0.25) is 0 Å². The van der Waals surface area contributed by atoms with Gasteiger partial charge in [-0.15, -0.1) is 11.3 Å². The van der Waals surface area contributed by atoms with Crippen LogP contribution in [0.4, 0.5) is 0 Å². The molecule has 2 aromatic rings. The van der Waals surface area contributed by atoms with Gasteiger partial charge in [-0.2, -0.15) is 0 Å². The lowest BCUT2D eigenvalue weighted by Gasteiger charge is -1.99. The minimum Gasteiger partial charge on any atom is -0.246 e. The van der Waals surface area contributed by atoms with Crippen molar-refractivity contribution < 1.29 is 0 Å². The van der Waals surface area contributed by atoms with Gasteiger partial charge in [-0.1, -0.05) is 28.1 Å². The molecule has 0 aliphatic rings. The van der Waals surface area contributed by atoms with Crippen LogP contribution in [0.1, 0.15) is 21.1 Å². The van der Waals surface area contributed by atoms with Gasteiger partial charge < -0.3 is 0 Å². The second kappa shape index (κ2) is 5.11. The number of hydrogen-bond acceptors (Lipinski definition) is 2. The number of nitrogens with zero attached hydrogens (tertiary/aromatic N) is 1. The number of aryl methyl sites for hydroxylation is 4. The largest absolute Gasteiger partial charge is 0.246 e. The van der Waals surface area contributed by atoms with Gasteiger partial charge in [0.05, 0.1) is 10.7 Å². The molecule has 3 heteroatoms. The van der Waals surface area contributed by atoms with Crippen molar-refractivity contribution in [3.63, 3.8) is 0 Å². The van der Waals surface area contributed by atoms with Crippen LogP contribution < -0.4 is 0 Å². The highest BCUT2D eigenvalue weighted by Crippen LogP contribution is 2.19. The highest BCUT2D eigenvalue weighted by Gasteiger charge is 2.03. The Hall–Kier alpha value is -0.670. The fraction of sp³-hybridized carbons (Fsp3) is 0.308. The maximum atomic E-state index is 4.55. The Balaban J connectivity index is 2.02. The van der Waals surface area contributed by atoms with Crippen molar-refractivity contribution in [2.75, 3.05) is 0 Å². The monoisotopic (exact) mass is 295 g/mol. The molecule has 1 aromatic heterocycles. The average Bonchev–Trinajstić information content (AvgIpc) is 2.56. The Morgan fingerprint density at radius 2 is 2.06 bits per heavy atom. The molecule has 0 aliphatic carbocycles. The molecule has 84 valence electrons. The molecule has 1 aromatic carbocycles. The fourth-order valence-corrected chi connectivity index (χ4v) is 2.97. The van der Waals surface area contributed by atoms with E-state index in [-0.39, 0.29) is 0 Å². The maximum absolute atomic E-state index is 4.55. The molecule has 2 rings (SSSR count). The minimum absolute atomic E-state index is 1.04. The van der Waals surface area contributed by atoms with E-state index >= 15 is 0 Å². The molecule has 0 aliphatic heterocycles. The number of aromatic nitrogens is 1. The van der Waals surface area contributed by atoms with E-state index in [1.54, 1.807) is 0 Å². The number of rotatable bonds is 3. The van der Waals surface area contributed by atoms with Gasteiger partial charge in [-0.05, 0) is 38.0 Å². The van der Waals surface area contributed by atoms with Gasteiger partial charge in [-0.3, -0.25) is 0 Å². The number of halogens is 1. The number of hydrogen-bond donors (Lipinski definition) is 0. The summed E-state index contributed by atoms with van der Waals surface area (Å²) in [6, 6.07) is 8.48. The van der Waals surface area contributed by atoms with Crippen LogP contribution in [-0.4, -0.2) is 4.98 Å². The zero-order valence-corrected chi connectivity index (χ0v) is 11.9. The molecule has 0 saturated heterocycles. The molecule has 0 unspecified atom stereocenters. The van der Waals surface area contributed by atoms with Crippen molar-refractivity contribution in [2.45, 2.75) is 26.7 Å². The first kappa shape index (κ1) is 11.8. The Morgan fingerprint density at radius 3 is 2.69 bits per heavy atom. The second-order valence-electron chi connectivity index (χ2n) is 3.88. The summed E-state index contributed by atoms with van der Waals surface area (Å²) in [6.07, 6.45) is 2.10. The zero-order valence-electron chi connectivity index (χ0n) is 9.46. The summed E-state index contributed by atoms with van der Waals surface area (Å²) in [7, 11) is 0. The average molecular weight is 296 g/mol. The quantitative estimate of drug-likeness (QED) is 0.822. The summed E-state index contributed by atoms with van der Waals surface area (Å²) in [5, 5.41) is 1.25. The molecule has 1 nitrogen and oxygen atoms in total. The minimum atomic E-state index is 1.04. The maximum Gasteiger partial charge on any atom is 0.0934 e. The van der Waals surface area contributed by atoms with Crippen LogP contribution in [-0.2, 0) is 12.8 Å². The summed E-state index contributed by atoms with van der Waals surface area (Å²) < 4.78 is 1.15. The van der Waals surface area contributed by atoms with Crippen LogP contribution >= 0.6 is 27.3 Å². The van der Waals surface area contributed by atoms with E-state index in [0.29, 0.717) is 0 Å². The predicted octanol–water partition coefficient (Wildman–Crippen LogP) is 4.31. The van der Waals surface area contributed by atoms with Crippen molar-refractivity contribution in [2.24, 2.45) is 0 Å². The molecule has 0 fully saturated rings. The summed E-state index contributed by atoms with van der Waals surface area (Å²) in [5.74, 6) is 0. The third kappa shape index (κ3) is 2.92. The Kier molecular flexibility index (Phi) is 3.77. The van der Waals surface area contributed by atoms with Crippen molar-refractivity contribution in [3.05, 3.63) is 49.9 Å². The van der Waals surface area contributed by atoms with E-state index in [0.717, 1.165) is 17.3 Å². The predicted molar refractivity (Wildman–Crippen MR) is 73.1 cm³/mol. The van der Waals surface area contributed by atoms with Crippen LogP contribution in [0.25, 0.3) is 0 Å². The van der Waals surface area contributed by atoms with E-state index in [9.17, 15) is 0 Å². The van der Waals surface area contributed by atoms with Gasteiger partial charge in [0.15, 0.2) is 0 Å². The molecule has 0 saturated carbocycles. The lowest BCUT2D eigenvalue weighted by molar-refractivity contribution is 0.935. The van der Waals surface area contributed by atoms with Crippen LogP contribution in [0, 0.1) is 13.8 Å². The van der Waals surface area contributed by atoms with Gasteiger partial charge >= 0.3 is 0 Å². The molecule has 0 amide bonds. The third-order valence-corrected chi connectivity index (χ3v) is 4.22. The Bertz CT molecular complexity index is 471. The van der Waals surface area contributed by atoms with E-state index in [4.69, 9.17) is 0 Å². The highest BCUT2D eigenvalue weighted by atomic mass is 79.9. The molecule has 1 heterocycles. The van der Waals surface area contributed by atoms with Crippen molar-refractivity contribution >= 4 is 27.3 Å². The smallest absolute Gasteiger partial charge is 0.0934 e. The SMILES string of the molecule is Cc1nc(CCc2cccc(Br)c2)sc1C.